The molecule has 3 rings (SSSR count). The summed E-state index contributed by atoms with van der Waals surface area (Å²) in [4.78, 5) is 17.3. The molecule has 0 fully saturated rings. The molecular weight excluding hydrogens is 366 g/mol. The van der Waals surface area contributed by atoms with Gasteiger partial charge in [0, 0.05) is 36.7 Å². The molecule has 0 atom stereocenters. The Morgan fingerprint density at radius 2 is 1.93 bits per heavy atom. The van der Waals surface area contributed by atoms with Gasteiger partial charge in [-0.15, -0.1) is 0 Å². The van der Waals surface area contributed by atoms with Crippen LogP contribution in [0.1, 0.15) is 30.5 Å². The topological polar surface area (TPSA) is 95.1 Å². The van der Waals surface area contributed by atoms with Crippen molar-refractivity contribution < 1.29 is 4.92 Å². The minimum absolute atomic E-state index is 0.0558. The molecule has 0 bridgehead atoms. The van der Waals surface area contributed by atoms with E-state index in [0.29, 0.717) is 34.9 Å². The molecule has 29 heavy (non-hydrogen) atoms. The van der Waals surface area contributed by atoms with E-state index in [9.17, 15) is 15.4 Å². The Balaban J connectivity index is 1.86. The molecule has 1 heterocycles. The summed E-state index contributed by atoms with van der Waals surface area (Å²) in [6, 6.07) is 16.8. The second-order valence-electron chi connectivity index (χ2n) is 7.26. The first-order valence-corrected chi connectivity index (χ1v) is 9.39. The summed E-state index contributed by atoms with van der Waals surface area (Å²) in [5.74, 6) is 0.565. The summed E-state index contributed by atoms with van der Waals surface area (Å²) in [5, 5.41) is 24.3. The minimum atomic E-state index is -0.474. The molecule has 7 nitrogen and oxygen atoms in total. The van der Waals surface area contributed by atoms with Crippen molar-refractivity contribution in [2.75, 3.05) is 12.4 Å². The van der Waals surface area contributed by atoms with Crippen molar-refractivity contribution in [3.05, 3.63) is 75.3 Å². The summed E-state index contributed by atoms with van der Waals surface area (Å²) in [6.07, 6.45) is 0. The summed E-state index contributed by atoms with van der Waals surface area (Å²) >= 11 is 0. The Kier molecular flexibility index (Phi) is 6.05. The molecule has 2 aromatic carbocycles. The highest BCUT2D eigenvalue weighted by Crippen LogP contribution is 2.25. The summed E-state index contributed by atoms with van der Waals surface area (Å²) in [5.41, 5.74) is 3.23. The smallest absolute Gasteiger partial charge is 0.270 e. The van der Waals surface area contributed by atoms with Crippen molar-refractivity contribution in [2.24, 2.45) is 0 Å². The number of aromatic nitrogens is 1. The van der Waals surface area contributed by atoms with Gasteiger partial charge in [0.05, 0.1) is 22.1 Å². The van der Waals surface area contributed by atoms with Crippen LogP contribution in [0.2, 0.25) is 0 Å². The Hall–Kier alpha value is -3.50. The molecule has 0 radical (unpaired) electrons. The van der Waals surface area contributed by atoms with Gasteiger partial charge in [0.25, 0.3) is 5.69 Å². The van der Waals surface area contributed by atoms with E-state index in [1.165, 1.54) is 17.7 Å². The van der Waals surface area contributed by atoms with Crippen LogP contribution in [0.5, 0.6) is 0 Å². The number of nitro groups is 1. The van der Waals surface area contributed by atoms with Gasteiger partial charge in [0.1, 0.15) is 5.82 Å². The zero-order valence-electron chi connectivity index (χ0n) is 16.7. The fourth-order valence-electron chi connectivity index (χ4n) is 3.03. The fraction of sp³-hybridized carbons (Fsp3) is 0.273. The molecule has 0 aliphatic rings. The number of nitrogens with zero attached hydrogens (tertiary/aromatic N) is 4. The maximum absolute atomic E-state index is 11.0. The molecule has 0 unspecified atom stereocenters. The van der Waals surface area contributed by atoms with Gasteiger partial charge >= 0.3 is 0 Å². The van der Waals surface area contributed by atoms with Gasteiger partial charge in [-0.05, 0) is 44.2 Å². The number of non-ortho nitro benzene ring substituents is 1. The average molecular weight is 389 g/mol. The third-order valence-electron chi connectivity index (χ3n) is 5.00. The molecule has 3 aromatic rings. The highest BCUT2D eigenvalue weighted by molar-refractivity contribution is 5.88. The number of anilines is 1. The summed E-state index contributed by atoms with van der Waals surface area (Å²) in [6.45, 7) is 5.73. The summed E-state index contributed by atoms with van der Waals surface area (Å²) in [7, 11) is 2.10. The van der Waals surface area contributed by atoms with E-state index in [4.69, 9.17) is 0 Å². The van der Waals surface area contributed by atoms with E-state index >= 15 is 0 Å². The van der Waals surface area contributed by atoms with Crippen molar-refractivity contribution >= 4 is 22.4 Å². The molecule has 0 aliphatic heterocycles. The van der Waals surface area contributed by atoms with E-state index in [1.807, 2.05) is 12.1 Å². The lowest BCUT2D eigenvalue weighted by molar-refractivity contribution is -0.384. The monoisotopic (exact) mass is 389 g/mol. The Morgan fingerprint density at radius 1 is 1.21 bits per heavy atom. The SMILES string of the molecule is CC(C)N(C)Cc1ccccc1CNc1cc(C#N)c2cc([N+](=O)[O-])ccc2n1. The highest BCUT2D eigenvalue weighted by Gasteiger charge is 2.12. The molecule has 1 N–H and O–H groups in total. The number of rotatable bonds is 7. The average Bonchev–Trinajstić information content (AvgIpc) is 2.71. The number of hydrogen-bond acceptors (Lipinski definition) is 6. The second kappa shape index (κ2) is 8.67. The van der Waals surface area contributed by atoms with Crippen LogP contribution in [-0.4, -0.2) is 27.9 Å². The van der Waals surface area contributed by atoms with E-state index in [1.54, 1.807) is 12.1 Å². The minimum Gasteiger partial charge on any atom is -0.366 e. The van der Waals surface area contributed by atoms with Crippen LogP contribution in [0, 0.1) is 21.4 Å². The number of nitro benzene ring substituents is 1. The maximum atomic E-state index is 11.0. The Labute approximate surface area is 169 Å². The van der Waals surface area contributed by atoms with E-state index in [0.717, 1.165) is 12.1 Å². The molecule has 0 aliphatic carbocycles. The van der Waals surface area contributed by atoms with Crippen molar-refractivity contribution in [2.45, 2.75) is 33.0 Å². The third kappa shape index (κ3) is 4.68. The zero-order valence-corrected chi connectivity index (χ0v) is 16.7. The van der Waals surface area contributed by atoms with E-state index < -0.39 is 4.92 Å². The third-order valence-corrected chi connectivity index (χ3v) is 5.00. The molecule has 0 amide bonds. The van der Waals surface area contributed by atoms with Crippen LogP contribution in [0.4, 0.5) is 11.5 Å². The van der Waals surface area contributed by atoms with Crippen LogP contribution in [0.3, 0.4) is 0 Å². The predicted molar refractivity (Wildman–Crippen MR) is 113 cm³/mol. The fourth-order valence-corrected chi connectivity index (χ4v) is 3.03. The molecule has 0 spiro atoms. The lowest BCUT2D eigenvalue weighted by Crippen LogP contribution is -2.26. The Bertz CT molecular complexity index is 1090. The quantitative estimate of drug-likeness (QED) is 0.473. The largest absolute Gasteiger partial charge is 0.366 e. The zero-order chi connectivity index (χ0) is 21.0. The van der Waals surface area contributed by atoms with Gasteiger partial charge < -0.3 is 5.32 Å². The lowest BCUT2D eigenvalue weighted by Gasteiger charge is -2.22. The van der Waals surface area contributed by atoms with Crippen LogP contribution in [0.15, 0.2) is 48.5 Å². The van der Waals surface area contributed by atoms with Gasteiger partial charge in [-0.1, -0.05) is 24.3 Å². The highest BCUT2D eigenvalue weighted by atomic mass is 16.6. The normalized spacial score (nSPS) is 11.0. The molecule has 148 valence electrons. The van der Waals surface area contributed by atoms with Gasteiger partial charge in [0.2, 0.25) is 0 Å². The van der Waals surface area contributed by atoms with Crippen molar-refractivity contribution in [3.63, 3.8) is 0 Å². The molecule has 0 saturated carbocycles. The van der Waals surface area contributed by atoms with Crippen LogP contribution < -0.4 is 5.32 Å². The molecule has 0 saturated heterocycles. The van der Waals surface area contributed by atoms with Gasteiger partial charge in [-0.3, -0.25) is 15.0 Å². The van der Waals surface area contributed by atoms with E-state index in [-0.39, 0.29) is 5.69 Å². The standard InChI is InChI=1S/C22H23N5O2/c1-15(2)26(3)14-17-7-5-4-6-16(17)13-24-22-10-18(12-23)20-11-19(27(28)29)8-9-21(20)25-22/h4-11,15H,13-14H2,1-3H3,(H,24,25). The lowest BCUT2D eigenvalue weighted by atomic mass is 10.1. The van der Waals surface area contributed by atoms with Gasteiger partial charge in [-0.2, -0.15) is 5.26 Å². The number of nitriles is 1. The first-order valence-electron chi connectivity index (χ1n) is 9.39. The maximum Gasteiger partial charge on any atom is 0.270 e. The summed E-state index contributed by atoms with van der Waals surface area (Å²) < 4.78 is 0. The van der Waals surface area contributed by atoms with Crippen molar-refractivity contribution in [1.29, 1.82) is 5.26 Å². The molecular formula is C22H23N5O2. The van der Waals surface area contributed by atoms with Crippen LogP contribution in [0.25, 0.3) is 10.9 Å². The van der Waals surface area contributed by atoms with Crippen LogP contribution in [-0.2, 0) is 13.1 Å². The van der Waals surface area contributed by atoms with Crippen LogP contribution >= 0.6 is 0 Å². The van der Waals surface area contributed by atoms with Crippen molar-refractivity contribution in [3.8, 4) is 6.07 Å². The number of nitrogens with one attached hydrogen (secondary N) is 1. The second-order valence-corrected chi connectivity index (χ2v) is 7.26. The molecule has 7 heteroatoms. The van der Waals surface area contributed by atoms with Crippen molar-refractivity contribution in [1.82, 2.24) is 9.88 Å². The van der Waals surface area contributed by atoms with Gasteiger partial charge in [0.15, 0.2) is 0 Å². The Morgan fingerprint density at radius 3 is 2.59 bits per heavy atom. The first kappa shape index (κ1) is 20.2. The van der Waals surface area contributed by atoms with E-state index in [2.05, 4.69) is 54.3 Å². The number of benzene rings is 2. The molecule has 1 aromatic heterocycles. The van der Waals surface area contributed by atoms with Gasteiger partial charge in [-0.25, -0.2) is 4.98 Å². The predicted octanol–water partition coefficient (Wildman–Crippen LogP) is 4.47. The number of pyridine rings is 1. The first-order chi connectivity index (χ1) is 13.9. The number of hydrogen-bond donors (Lipinski definition) is 1. The number of fused-ring (bicyclic) bond motifs is 1.